The number of aromatic nitrogens is 1. The van der Waals surface area contributed by atoms with Gasteiger partial charge in [0, 0.05) is 23.5 Å². The number of benzene rings is 1. The van der Waals surface area contributed by atoms with Crippen LogP contribution in [0.1, 0.15) is 27.0 Å². The molecule has 1 aromatic heterocycles. The highest BCUT2D eigenvalue weighted by Crippen LogP contribution is 2.22. The molecular weight excluding hydrogens is 214 g/mol. The van der Waals surface area contributed by atoms with Crippen molar-refractivity contribution in [3.05, 3.63) is 65.0 Å². The van der Waals surface area contributed by atoms with Crippen LogP contribution in [0.5, 0.6) is 0 Å². The molecule has 0 bridgehead atoms. The molecule has 0 saturated carbocycles. The zero-order chi connectivity index (χ0) is 11.7. The maximum Gasteiger partial charge on any atom is 0.193 e. The van der Waals surface area contributed by atoms with Crippen molar-refractivity contribution in [2.75, 3.05) is 0 Å². The molecule has 0 N–H and O–H groups in total. The number of ether oxygens (including phenoxy) is 1. The van der Waals surface area contributed by atoms with E-state index in [1.165, 1.54) is 5.56 Å². The fourth-order valence-corrected chi connectivity index (χ4v) is 1.98. The third-order valence-corrected chi connectivity index (χ3v) is 2.93. The number of carbonyl (C=O) groups excluding carboxylic acids is 1. The molecule has 0 radical (unpaired) electrons. The van der Waals surface area contributed by atoms with Crippen molar-refractivity contribution in [1.29, 1.82) is 0 Å². The molecule has 1 aliphatic heterocycles. The van der Waals surface area contributed by atoms with E-state index in [2.05, 4.69) is 4.98 Å². The van der Waals surface area contributed by atoms with E-state index in [4.69, 9.17) is 4.74 Å². The fraction of sp³-hybridized carbons (Fsp3) is 0.143. The molecule has 0 unspecified atom stereocenters. The summed E-state index contributed by atoms with van der Waals surface area (Å²) in [4.78, 5) is 16.1. The second-order valence-electron chi connectivity index (χ2n) is 4.04. The van der Waals surface area contributed by atoms with Gasteiger partial charge in [0.25, 0.3) is 0 Å². The Morgan fingerprint density at radius 1 is 1.00 bits per heavy atom. The van der Waals surface area contributed by atoms with Crippen molar-refractivity contribution in [3.8, 4) is 0 Å². The van der Waals surface area contributed by atoms with Crippen LogP contribution in [0.25, 0.3) is 0 Å². The average molecular weight is 225 g/mol. The molecule has 3 nitrogen and oxygen atoms in total. The van der Waals surface area contributed by atoms with E-state index in [1.807, 2.05) is 18.2 Å². The van der Waals surface area contributed by atoms with Crippen molar-refractivity contribution in [3.63, 3.8) is 0 Å². The molecule has 0 atom stereocenters. The smallest absolute Gasteiger partial charge is 0.193 e. The molecule has 0 aliphatic carbocycles. The van der Waals surface area contributed by atoms with Crippen LogP contribution in [-0.2, 0) is 18.0 Å². The zero-order valence-corrected chi connectivity index (χ0v) is 9.22. The van der Waals surface area contributed by atoms with E-state index in [-0.39, 0.29) is 5.78 Å². The minimum Gasteiger partial charge on any atom is -0.372 e. The van der Waals surface area contributed by atoms with Gasteiger partial charge in [0.2, 0.25) is 0 Å². The second kappa shape index (κ2) is 4.11. The van der Waals surface area contributed by atoms with Crippen molar-refractivity contribution < 1.29 is 9.53 Å². The fourth-order valence-electron chi connectivity index (χ4n) is 1.98. The predicted octanol–water partition coefficient (Wildman–Crippen LogP) is 2.34. The summed E-state index contributed by atoms with van der Waals surface area (Å²) in [7, 11) is 0. The Labute approximate surface area is 99.1 Å². The molecule has 0 saturated heterocycles. The third kappa shape index (κ3) is 1.85. The summed E-state index contributed by atoms with van der Waals surface area (Å²) in [6.07, 6.45) is 3.26. The van der Waals surface area contributed by atoms with E-state index in [1.54, 1.807) is 24.5 Å². The lowest BCUT2D eigenvalue weighted by Crippen LogP contribution is -2.02. The van der Waals surface area contributed by atoms with Gasteiger partial charge in [0.15, 0.2) is 5.78 Å². The lowest BCUT2D eigenvalue weighted by molar-refractivity contribution is 0.103. The number of nitrogens with zero attached hydrogens (tertiary/aromatic N) is 1. The Hall–Kier alpha value is -2.00. The van der Waals surface area contributed by atoms with E-state index in [0.717, 1.165) is 5.56 Å². The van der Waals surface area contributed by atoms with Gasteiger partial charge in [-0.05, 0) is 29.3 Å². The van der Waals surface area contributed by atoms with Gasteiger partial charge < -0.3 is 4.74 Å². The van der Waals surface area contributed by atoms with Crippen LogP contribution < -0.4 is 0 Å². The maximum absolute atomic E-state index is 12.2. The van der Waals surface area contributed by atoms with Gasteiger partial charge in [-0.25, -0.2) is 0 Å². The number of hydrogen-bond donors (Lipinski definition) is 0. The number of fused-ring (bicyclic) bond motifs is 1. The number of pyridine rings is 1. The van der Waals surface area contributed by atoms with Crippen LogP contribution in [0.3, 0.4) is 0 Å². The number of carbonyl (C=O) groups is 1. The van der Waals surface area contributed by atoms with Gasteiger partial charge in [-0.2, -0.15) is 0 Å². The van der Waals surface area contributed by atoms with Gasteiger partial charge in [0.1, 0.15) is 0 Å². The van der Waals surface area contributed by atoms with Gasteiger partial charge >= 0.3 is 0 Å². The van der Waals surface area contributed by atoms with E-state index in [0.29, 0.717) is 24.3 Å². The first-order chi connectivity index (χ1) is 8.34. The molecule has 3 heteroatoms. The zero-order valence-electron chi connectivity index (χ0n) is 9.22. The highest BCUT2D eigenvalue weighted by molar-refractivity contribution is 6.09. The van der Waals surface area contributed by atoms with Crippen LogP contribution in [0.15, 0.2) is 42.7 Å². The molecule has 0 spiro atoms. The summed E-state index contributed by atoms with van der Waals surface area (Å²) in [5.74, 6) is 0.0297. The topological polar surface area (TPSA) is 39.2 Å². The first-order valence-electron chi connectivity index (χ1n) is 5.49. The summed E-state index contributed by atoms with van der Waals surface area (Å²) < 4.78 is 5.33. The number of hydrogen-bond acceptors (Lipinski definition) is 3. The summed E-state index contributed by atoms with van der Waals surface area (Å²) in [6, 6.07) is 9.20. The van der Waals surface area contributed by atoms with Crippen molar-refractivity contribution in [2.24, 2.45) is 0 Å². The first-order valence-corrected chi connectivity index (χ1v) is 5.49. The van der Waals surface area contributed by atoms with Crippen LogP contribution >= 0.6 is 0 Å². The van der Waals surface area contributed by atoms with Crippen molar-refractivity contribution in [1.82, 2.24) is 4.98 Å². The van der Waals surface area contributed by atoms with Gasteiger partial charge in [-0.3, -0.25) is 9.78 Å². The lowest BCUT2D eigenvalue weighted by atomic mass is 10.00. The minimum atomic E-state index is 0.0297. The number of rotatable bonds is 2. The molecule has 1 aromatic carbocycles. The minimum absolute atomic E-state index is 0.0297. The van der Waals surface area contributed by atoms with Crippen LogP contribution in [0.2, 0.25) is 0 Å². The lowest BCUT2D eigenvalue weighted by Gasteiger charge is -2.03. The molecule has 0 fully saturated rings. The molecular formula is C14H11NO2. The molecule has 3 rings (SSSR count). The Kier molecular flexibility index (Phi) is 2.46. The Morgan fingerprint density at radius 3 is 2.59 bits per heavy atom. The van der Waals surface area contributed by atoms with Gasteiger partial charge in [-0.1, -0.05) is 12.1 Å². The normalized spacial score (nSPS) is 13.4. The Morgan fingerprint density at radius 2 is 1.76 bits per heavy atom. The summed E-state index contributed by atoms with van der Waals surface area (Å²) >= 11 is 0. The highest BCUT2D eigenvalue weighted by Gasteiger charge is 2.15. The Bertz CT molecular complexity index is 564. The van der Waals surface area contributed by atoms with E-state index >= 15 is 0 Å². The van der Waals surface area contributed by atoms with E-state index in [9.17, 15) is 4.79 Å². The molecule has 84 valence electrons. The van der Waals surface area contributed by atoms with E-state index < -0.39 is 0 Å². The third-order valence-electron chi connectivity index (χ3n) is 2.93. The molecule has 0 amide bonds. The van der Waals surface area contributed by atoms with Crippen LogP contribution in [0.4, 0.5) is 0 Å². The van der Waals surface area contributed by atoms with Gasteiger partial charge in [-0.15, -0.1) is 0 Å². The molecule has 17 heavy (non-hydrogen) atoms. The second-order valence-corrected chi connectivity index (χ2v) is 4.04. The standard InChI is InChI=1S/C14H11NO2/c16-14(10-3-5-15-6-4-10)11-1-2-12-8-17-9-13(12)7-11/h1-7H,8-9H2. The predicted molar refractivity (Wildman–Crippen MR) is 62.6 cm³/mol. The maximum atomic E-state index is 12.2. The largest absolute Gasteiger partial charge is 0.372 e. The van der Waals surface area contributed by atoms with Crippen LogP contribution in [0, 0.1) is 0 Å². The molecule has 1 aliphatic rings. The monoisotopic (exact) mass is 225 g/mol. The van der Waals surface area contributed by atoms with Crippen molar-refractivity contribution in [2.45, 2.75) is 13.2 Å². The first kappa shape index (κ1) is 10.2. The molecule has 2 heterocycles. The van der Waals surface area contributed by atoms with Crippen LogP contribution in [-0.4, -0.2) is 10.8 Å². The summed E-state index contributed by atoms with van der Waals surface area (Å²) in [6.45, 7) is 1.26. The summed E-state index contributed by atoms with van der Waals surface area (Å²) in [5.41, 5.74) is 3.67. The Balaban J connectivity index is 1.97. The quantitative estimate of drug-likeness (QED) is 0.736. The highest BCUT2D eigenvalue weighted by atomic mass is 16.5. The molecule has 2 aromatic rings. The average Bonchev–Trinajstić information content (AvgIpc) is 2.86. The van der Waals surface area contributed by atoms with Crippen molar-refractivity contribution >= 4 is 5.78 Å². The summed E-state index contributed by atoms with van der Waals surface area (Å²) in [5, 5.41) is 0. The van der Waals surface area contributed by atoms with Gasteiger partial charge in [0.05, 0.1) is 13.2 Å². The number of ketones is 1. The SMILES string of the molecule is O=C(c1ccncc1)c1ccc2c(c1)COC2.